The number of amides is 1. The fourth-order valence-electron chi connectivity index (χ4n) is 4.62. The van der Waals surface area contributed by atoms with E-state index in [9.17, 15) is 9.18 Å². The van der Waals surface area contributed by atoms with E-state index in [1.165, 1.54) is 25.1 Å². The van der Waals surface area contributed by atoms with Gasteiger partial charge in [0.25, 0.3) is 0 Å². The number of likely N-dealkylation sites (tertiary alicyclic amines) is 2. The molecule has 156 valence electrons. The SMILES string of the molecule is CCCN1CCC(N2C[C@@H](NCc3ccc(F)cc3)C[C@H]2C(=O)NCC)CC1. The Morgan fingerprint density at radius 3 is 2.54 bits per heavy atom. The summed E-state index contributed by atoms with van der Waals surface area (Å²) in [5.74, 6) is -0.0499. The van der Waals surface area contributed by atoms with Gasteiger partial charge in [-0.1, -0.05) is 19.1 Å². The maximum atomic E-state index is 13.1. The van der Waals surface area contributed by atoms with Gasteiger partial charge in [0, 0.05) is 31.7 Å². The van der Waals surface area contributed by atoms with Crippen molar-refractivity contribution in [2.45, 2.75) is 64.2 Å². The Hall–Kier alpha value is -1.50. The third-order valence-corrected chi connectivity index (χ3v) is 6.07. The van der Waals surface area contributed by atoms with Crippen LogP contribution in [0.2, 0.25) is 0 Å². The number of piperidine rings is 1. The summed E-state index contributed by atoms with van der Waals surface area (Å²) in [7, 11) is 0. The molecule has 0 aromatic heterocycles. The summed E-state index contributed by atoms with van der Waals surface area (Å²) in [6.45, 7) is 9.92. The molecule has 2 saturated heterocycles. The van der Waals surface area contributed by atoms with Crippen molar-refractivity contribution < 1.29 is 9.18 Å². The van der Waals surface area contributed by atoms with E-state index in [2.05, 4.69) is 27.4 Å². The largest absolute Gasteiger partial charge is 0.355 e. The molecular formula is C22H35FN4O. The lowest BCUT2D eigenvalue weighted by Gasteiger charge is -2.38. The number of hydrogen-bond acceptors (Lipinski definition) is 4. The minimum Gasteiger partial charge on any atom is -0.355 e. The van der Waals surface area contributed by atoms with Gasteiger partial charge in [-0.15, -0.1) is 0 Å². The molecule has 2 fully saturated rings. The number of likely N-dealkylation sites (N-methyl/N-ethyl adjacent to an activating group) is 1. The van der Waals surface area contributed by atoms with Crippen LogP contribution < -0.4 is 10.6 Å². The Labute approximate surface area is 168 Å². The summed E-state index contributed by atoms with van der Waals surface area (Å²) >= 11 is 0. The van der Waals surface area contributed by atoms with Gasteiger partial charge in [0.05, 0.1) is 6.04 Å². The number of rotatable bonds is 8. The minimum absolute atomic E-state index is 0.0478. The summed E-state index contributed by atoms with van der Waals surface area (Å²) in [6.07, 6.45) is 4.31. The lowest BCUT2D eigenvalue weighted by molar-refractivity contribution is -0.126. The van der Waals surface area contributed by atoms with Crippen LogP contribution >= 0.6 is 0 Å². The molecular weight excluding hydrogens is 355 g/mol. The standard InChI is InChI=1S/C22H35FN4O/c1-3-11-26-12-9-20(10-13-26)27-16-19(14-21(27)22(28)24-4-2)25-15-17-5-7-18(23)8-6-17/h5-8,19-21,25H,3-4,9-16H2,1-2H3,(H,24,28)/t19-,21-/m0/s1. The second-order valence-electron chi connectivity index (χ2n) is 8.12. The Bertz CT molecular complexity index is 615. The molecule has 0 bridgehead atoms. The predicted octanol–water partition coefficient (Wildman–Crippen LogP) is 2.37. The first-order valence-electron chi connectivity index (χ1n) is 10.8. The van der Waals surface area contributed by atoms with Crippen LogP contribution in [0, 0.1) is 5.82 Å². The predicted molar refractivity (Wildman–Crippen MR) is 111 cm³/mol. The molecule has 1 aromatic carbocycles. The molecule has 0 aliphatic carbocycles. The third-order valence-electron chi connectivity index (χ3n) is 6.07. The molecule has 0 spiro atoms. The molecule has 28 heavy (non-hydrogen) atoms. The number of nitrogens with zero attached hydrogens (tertiary/aromatic N) is 2. The molecule has 2 atom stereocenters. The zero-order chi connectivity index (χ0) is 19.9. The molecule has 2 aliphatic heterocycles. The Morgan fingerprint density at radius 2 is 1.89 bits per heavy atom. The highest BCUT2D eigenvalue weighted by atomic mass is 19.1. The second-order valence-corrected chi connectivity index (χ2v) is 8.12. The van der Waals surface area contributed by atoms with E-state index in [-0.39, 0.29) is 23.8 Å². The molecule has 2 aliphatic rings. The quantitative estimate of drug-likeness (QED) is 0.716. The molecule has 5 nitrogen and oxygen atoms in total. The van der Waals surface area contributed by atoms with Crippen molar-refractivity contribution in [2.75, 3.05) is 32.7 Å². The first-order chi connectivity index (χ1) is 13.6. The molecule has 6 heteroatoms. The van der Waals surface area contributed by atoms with Crippen molar-refractivity contribution in [3.05, 3.63) is 35.6 Å². The molecule has 3 rings (SSSR count). The summed E-state index contributed by atoms with van der Waals surface area (Å²) < 4.78 is 13.1. The number of halogens is 1. The molecule has 0 unspecified atom stereocenters. The van der Waals surface area contributed by atoms with Crippen molar-refractivity contribution in [1.82, 2.24) is 20.4 Å². The number of carbonyl (C=O) groups is 1. The topological polar surface area (TPSA) is 47.6 Å². The van der Waals surface area contributed by atoms with Crippen LogP contribution in [-0.2, 0) is 11.3 Å². The van der Waals surface area contributed by atoms with E-state index < -0.39 is 0 Å². The summed E-state index contributed by atoms with van der Waals surface area (Å²) in [6, 6.07) is 7.36. The lowest BCUT2D eigenvalue weighted by atomic mass is 10.0. The molecule has 0 saturated carbocycles. The lowest BCUT2D eigenvalue weighted by Crippen LogP contribution is -2.51. The molecule has 1 aromatic rings. The molecule has 1 amide bonds. The van der Waals surface area contributed by atoms with Crippen LogP contribution in [0.1, 0.15) is 45.1 Å². The van der Waals surface area contributed by atoms with Gasteiger partial charge in [-0.2, -0.15) is 0 Å². The summed E-state index contributed by atoms with van der Waals surface area (Å²) in [5.41, 5.74) is 1.07. The average molecular weight is 391 g/mol. The first kappa shape index (κ1) is 21.2. The van der Waals surface area contributed by atoms with Crippen molar-refractivity contribution >= 4 is 5.91 Å². The van der Waals surface area contributed by atoms with Gasteiger partial charge in [0.2, 0.25) is 5.91 Å². The normalized spacial score (nSPS) is 24.5. The van der Waals surface area contributed by atoms with Crippen LogP contribution in [0.5, 0.6) is 0 Å². The summed E-state index contributed by atoms with van der Waals surface area (Å²) in [5, 5.41) is 6.61. The van der Waals surface area contributed by atoms with Crippen LogP contribution in [0.15, 0.2) is 24.3 Å². The zero-order valence-electron chi connectivity index (χ0n) is 17.3. The van der Waals surface area contributed by atoms with E-state index in [1.54, 1.807) is 0 Å². The van der Waals surface area contributed by atoms with Crippen LogP contribution in [0.4, 0.5) is 4.39 Å². The van der Waals surface area contributed by atoms with Gasteiger partial charge in [-0.25, -0.2) is 4.39 Å². The second kappa shape index (κ2) is 10.3. The van der Waals surface area contributed by atoms with Gasteiger partial charge in [0.1, 0.15) is 5.82 Å². The van der Waals surface area contributed by atoms with Crippen LogP contribution in [-0.4, -0.2) is 66.6 Å². The van der Waals surface area contributed by atoms with E-state index in [0.717, 1.165) is 44.5 Å². The molecule has 2 N–H and O–H groups in total. The van der Waals surface area contributed by atoms with Crippen LogP contribution in [0.25, 0.3) is 0 Å². The highest BCUT2D eigenvalue weighted by Crippen LogP contribution is 2.27. The van der Waals surface area contributed by atoms with Crippen molar-refractivity contribution in [3.8, 4) is 0 Å². The molecule has 2 heterocycles. The fraction of sp³-hybridized carbons (Fsp3) is 0.682. The number of benzene rings is 1. The Morgan fingerprint density at radius 1 is 1.18 bits per heavy atom. The number of carbonyl (C=O) groups excluding carboxylic acids is 1. The Balaban J connectivity index is 1.59. The van der Waals surface area contributed by atoms with Gasteiger partial charge in [-0.3, -0.25) is 9.69 Å². The van der Waals surface area contributed by atoms with Crippen LogP contribution in [0.3, 0.4) is 0 Å². The average Bonchev–Trinajstić information content (AvgIpc) is 3.13. The van der Waals surface area contributed by atoms with Gasteiger partial charge >= 0.3 is 0 Å². The number of hydrogen-bond donors (Lipinski definition) is 2. The van der Waals surface area contributed by atoms with Gasteiger partial charge in [-0.05, 0) is 69.9 Å². The third kappa shape index (κ3) is 5.52. The number of nitrogens with one attached hydrogen (secondary N) is 2. The highest BCUT2D eigenvalue weighted by molar-refractivity contribution is 5.82. The van der Waals surface area contributed by atoms with Crippen molar-refractivity contribution in [2.24, 2.45) is 0 Å². The van der Waals surface area contributed by atoms with Crippen molar-refractivity contribution in [3.63, 3.8) is 0 Å². The van der Waals surface area contributed by atoms with E-state index >= 15 is 0 Å². The smallest absolute Gasteiger partial charge is 0.237 e. The Kier molecular flexibility index (Phi) is 7.82. The van der Waals surface area contributed by atoms with Gasteiger partial charge in [0.15, 0.2) is 0 Å². The van der Waals surface area contributed by atoms with Crippen molar-refractivity contribution in [1.29, 1.82) is 0 Å². The first-order valence-corrected chi connectivity index (χ1v) is 10.8. The maximum absolute atomic E-state index is 13.1. The summed E-state index contributed by atoms with van der Waals surface area (Å²) in [4.78, 5) is 17.7. The van der Waals surface area contributed by atoms with Gasteiger partial charge < -0.3 is 15.5 Å². The zero-order valence-corrected chi connectivity index (χ0v) is 17.3. The minimum atomic E-state index is -0.207. The monoisotopic (exact) mass is 390 g/mol. The fourth-order valence-corrected chi connectivity index (χ4v) is 4.62. The molecule has 0 radical (unpaired) electrons. The van der Waals surface area contributed by atoms with E-state index in [0.29, 0.717) is 19.1 Å². The maximum Gasteiger partial charge on any atom is 0.237 e. The van der Waals surface area contributed by atoms with E-state index in [1.807, 2.05) is 19.1 Å². The highest BCUT2D eigenvalue weighted by Gasteiger charge is 2.40. The van der Waals surface area contributed by atoms with E-state index in [4.69, 9.17) is 0 Å².